The Morgan fingerprint density at radius 1 is 1.57 bits per heavy atom. The van der Waals surface area contributed by atoms with Crippen LogP contribution < -0.4 is 10.6 Å². The zero-order valence-corrected chi connectivity index (χ0v) is 8.75. The Balaban J connectivity index is 1.68. The third kappa shape index (κ3) is 2.07. The van der Waals surface area contributed by atoms with E-state index in [-0.39, 0.29) is 11.9 Å². The smallest absolute Gasteiger partial charge is 0.237 e. The van der Waals surface area contributed by atoms with Crippen LogP contribution >= 0.6 is 0 Å². The summed E-state index contributed by atoms with van der Waals surface area (Å²) < 4.78 is 0. The number of carbonyl (C=O) groups is 1. The molecule has 4 heteroatoms. The van der Waals surface area contributed by atoms with E-state index in [4.69, 9.17) is 0 Å². The summed E-state index contributed by atoms with van der Waals surface area (Å²) in [5.74, 6) is 0.197. The summed E-state index contributed by atoms with van der Waals surface area (Å²) in [5.41, 5.74) is 0. The van der Waals surface area contributed by atoms with Gasteiger partial charge in [0.1, 0.15) is 0 Å². The number of hydrogen-bond donors (Lipinski definition) is 2. The minimum absolute atomic E-state index is 0.0747. The van der Waals surface area contributed by atoms with Crippen molar-refractivity contribution in [3.63, 3.8) is 0 Å². The molecule has 2 heterocycles. The van der Waals surface area contributed by atoms with Gasteiger partial charge in [-0.25, -0.2) is 0 Å². The molecule has 4 nitrogen and oxygen atoms in total. The highest BCUT2D eigenvalue weighted by atomic mass is 16.2. The summed E-state index contributed by atoms with van der Waals surface area (Å²) in [6.45, 7) is 6.28. The predicted molar refractivity (Wildman–Crippen MR) is 55.1 cm³/mol. The van der Waals surface area contributed by atoms with Crippen LogP contribution in [0.1, 0.15) is 19.8 Å². The quantitative estimate of drug-likeness (QED) is 0.644. The van der Waals surface area contributed by atoms with E-state index in [0.29, 0.717) is 6.04 Å². The standard InChI is InChI=1S/C10H19N3O/c1-2-13-6-8(7-13)12-10(14)9-4-3-5-11-9/h8-9,11H,2-7H2,1H3,(H,12,14)/t9-/m1/s1. The molecule has 1 atom stereocenters. The maximum absolute atomic E-state index is 11.7. The molecule has 0 radical (unpaired) electrons. The van der Waals surface area contributed by atoms with Crippen molar-refractivity contribution in [2.24, 2.45) is 0 Å². The van der Waals surface area contributed by atoms with Crippen molar-refractivity contribution in [1.82, 2.24) is 15.5 Å². The summed E-state index contributed by atoms with van der Waals surface area (Å²) in [5, 5.41) is 6.29. The normalized spacial score (nSPS) is 28.8. The van der Waals surface area contributed by atoms with Crippen LogP contribution in [-0.2, 0) is 4.79 Å². The highest BCUT2D eigenvalue weighted by Crippen LogP contribution is 2.09. The van der Waals surface area contributed by atoms with E-state index in [1.54, 1.807) is 0 Å². The zero-order chi connectivity index (χ0) is 9.97. The average molecular weight is 197 g/mol. The minimum atomic E-state index is 0.0747. The molecule has 2 aliphatic heterocycles. The van der Waals surface area contributed by atoms with Gasteiger partial charge in [-0.3, -0.25) is 9.69 Å². The third-order valence-corrected chi connectivity index (χ3v) is 3.13. The fraction of sp³-hybridized carbons (Fsp3) is 0.900. The van der Waals surface area contributed by atoms with Gasteiger partial charge in [-0.1, -0.05) is 6.92 Å². The van der Waals surface area contributed by atoms with Crippen molar-refractivity contribution in [3.8, 4) is 0 Å². The van der Waals surface area contributed by atoms with Gasteiger partial charge in [-0.2, -0.15) is 0 Å². The van der Waals surface area contributed by atoms with Crippen molar-refractivity contribution in [2.75, 3.05) is 26.2 Å². The van der Waals surface area contributed by atoms with Gasteiger partial charge >= 0.3 is 0 Å². The molecular formula is C10H19N3O. The summed E-state index contributed by atoms with van der Waals surface area (Å²) >= 11 is 0. The molecule has 0 spiro atoms. The van der Waals surface area contributed by atoms with Crippen LogP contribution in [0.5, 0.6) is 0 Å². The number of rotatable bonds is 3. The molecule has 2 saturated heterocycles. The molecule has 0 saturated carbocycles. The van der Waals surface area contributed by atoms with Crippen molar-refractivity contribution >= 4 is 5.91 Å². The van der Waals surface area contributed by atoms with Crippen LogP contribution in [0.2, 0.25) is 0 Å². The summed E-state index contributed by atoms with van der Waals surface area (Å²) in [4.78, 5) is 14.0. The van der Waals surface area contributed by atoms with Crippen LogP contribution in [0.3, 0.4) is 0 Å². The van der Waals surface area contributed by atoms with Gasteiger partial charge in [0.15, 0.2) is 0 Å². The molecule has 14 heavy (non-hydrogen) atoms. The Labute approximate surface area is 85.0 Å². The summed E-state index contributed by atoms with van der Waals surface area (Å²) in [7, 11) is 0. The number of nitrogens with zero attached hydrogens (tertiary/aromatic N) is 1. The van der Waals surface area contributed by atoms with Crippen molar-refractivity contribution in [1.29, 1.82) is 0 Å². The van der Waals surface area contributed by atoms with Gasteiger partial charge in [-0.05, 0) is 25.9 Å². The van der Waals surface area contributed by atoms with E-state index in [1.807, 2.05) is 0 Å². The first-order valence-electron chi connectivity index (χ1n) is 5.55. The molecule has 0 aromatic heterocycles. The van der Waals surface area contributed by atoms with Crippen molar-refractivity contribution in [3.05, 3.63) is 0 Å². The van der Waals surface area contributed by atoms with E-state index >= 15 is 0 Å². The maximum atomic E-state index is 11.7. The first kappa shape index (κ1) is 9.93. The number of nitrogens with one attached hydrogen (secondary N) is 2. The lowest BCUT2D eigenvalue weighted by molar-refractivity contribution is -0.124. The van der Waals surface area contributed by atoms with Gasteiger partial charge in [0.2, 0.25) is 5.91 Å². The molecule has 1 amide bonds. The number of hydrogen-bond acceptors (Lipinski definition) is 3. The van der Waals surface area contributed by atoms with Crippen LogP contribution in [0.4, 0.5) is 0 Å². The molecule has 0 aliphatic carbocycles. The molecule has 0 aromatic carbocycles. The second-order valence-corrected chi connectivity index (χ2v) is 4.21. The zero-order valence-electron chi connectivity index (χ0n) is 8.75. The lowest BCUT2D eigenvalue weighted by Crippen LogP contribution is -2.60. The van der Waals surface area contributed by atoms with E-state index < -0.39 is 0 Å². The number of carbonyl (C=O) groups excluding carboxylic acids is 1. The molecular weight excluding hydrogens is 178 g/mol. The molecule has 2 aliphatic rings. The SMILES string of the molecule is CCN1CC(NC(=O)[C@H]2CCCN2)C1. The lowest BCUT2D eigenvalue weighted by atomic mass is 10.1. The predicted octanol–water partition coefficient (Wildman–Crippen LogP) is -0.441. The highest BCUT2D eigenvalue weighted by Gasteiger charge is 2.29. The van der Waals surface area contributed by atoms with Gasteiger partial charge < -0.3 is 10.6 Å². The highest BCUT2D eigenvalue weighted by molar-refractivity contribution is 5.82. The molecule has 80 valence electrons. The second-order valence-electron chi connectivity index (χ2n) is 4.21. The van der Waals surface area contributed by atoms with Crippen molar-refractivity contribution < 1.29 is 4.79 Å². The maximum Gasteiger partial charge on any atom is 0.237 e. The van der Waals surface area contributed by atoms with Crippen LogP contribution in [0.25, 0.3) is 0 Å². The lowest BCUT2D eigenvalue weighted by Gasteiger charge is -2.39. The number of likely N-dealkylation sites (tertiary alicyclic amines) is 1. The van der Waals surface area contributed by atoms with Crippen molar-refractivity contribution in [2.45, 2.75) is 31.8 Å². The topological polar surface area (TPSA) is 44.4 Å². The van der Waals surface area contributed by atoms with Gasteiger partial charge in [0.25, 0.3) is 0 Å². The summed E-state index contributed by atoms with van der Waals surface area (Å²) in [6, 6.07) is 0.468. The van der Waals surface area contributed by atoms with Gasteiger partial charge in [0.05, 0.1) is 12.1 Å². The van der Waals surface area contributed by atoms with Gasteiger partial charge in [-0.15, -0.1) is 0 Å². The molecule has 0 aromatic rings. The number of likely N-dealkylation sites (N-methyl/N-ethyl adjacent to an activating group) is 1. The molecule has 0 unspecified atom stereocenters. The fourth-order valence-corrected chi connectivity index (χ4v) is 2.13. The number of amides is 1. The average Bonchev–Trinajstić information content (AvgIpc) is 2.62. The first-order chi connectivity index (χ1) is 6.79. The Morgan fingerprint density at radius 3 is 2.93 bits per heavy atom. The molecule has 2 N–H and O–H groups in total. The molecule has 2 fully saturated rings. The van der Waals surface area contributed by atoms with Crippen LogP contribution in [0, 0.1) is 0 Å². The Hall–Kier alpha value is -0.610. The Kier molecular flexibility index (Phi) is 3.03. The molecule has 2 rings (SSSR count). The fourth-order valence-electron chi connectivity index (χ4n) is 2.13. The van der Waals surface area contributed by atoms with Gasteiger partial charge in [0, 0.05) is 13.1 Å². The monoisotopic (exact) mass is 197 g/mol. The second kappa shape index (κ2) is 4.28. The van der Waals surface area contributed by atoms with E-state index in [2.05, 4.69) is 22.5 Å². The van der Waals surface area contributed by atoms with E-state index in [1.165, 1.54) is 0 Å². The van der Waals surface area contributed by atoms with E-state index in [0.717, 1.165) is 39.0 Å². The Bertz CT molecular complexity index is 207. The summed E-state index contributed by atoms with van der Waals surface area (Å²) in [6.07, 6.45) is 2.12. The minimum Gasteiger partial charge on any atom is -0.349 e. The third-order valence-electron chi connectivity index (χ3n) is 3.13. The van der Waals surface area contributed by atoms with Crippen LogP contribution in [0.15, 0.2) is 0 Å². The van der Waals surface area contributed by atoms with Crippen LogP contribution in [-0.4, -0.2) is 49.1 Å². The largest absolute Gasteiger partial charge is 0.349 e. The molecule has 0 bridgehead atoms. The Morgan fingerprint density at radius 2 is 2.36 bits per heavy atom. The van der Waals surface area contributed by atoms with E-state index in [9.17, 15) is 4.79 Å². The first-order valence-corrected chi connectivity index (χ1v) is 5.55.